The fourth-order valence-electron chi connectivity index (χ4n) is 5.81. The Hall–Kier alpha value is 0. The van der Waals surface area contributed by atoms with Crippen LogP contribution in [0.15, 0.2) is 0 Å². The Bertz CT molecular complexity index is 257. The molecule has 7 atom stereocenters. The molecule has 0 aliphatic heterocycles. The minimum absolute atomic E-state index is 1.02. The van der Waals surface area contributed by atoms with Gasteiger partial charge in [0.1, 0.15) is 0 Å². The lowest BCUT2D eigenvalue weighted by Crippen LogP contribution is -2.53. The average Bonchev–Trinajstić information content (AvgIpc) is 2.64. The average molecular weight is 220 g/mol. The maximum Gasteiger partial charge on any atom is -0.0321 e. The van der Waals surface area contributed by atoms with Gasteiger partial charge in [-0.25, -0.2) is 0 Å². The molecule has 0 aromatic carbocycles. The number of hydrogen-bond donors (Lipinski definition) is 0. The van der Waals surface area contributed by atoms with E-state index in [0.717, 1.165) is 41.4 Å². The quantitative estimate of drug-likeness (QED) is 0.630. The van der Waals surface area contributed by atoms with Crippen LogP contribution in [0, 0.1) is 41.4 Å². The molecule has 0 aromatic heterocycles. The molecule has 0 heteroatoms. The van der Waals surface area contributed by atoms with Crippen LogP contribution >= 0.6 is 0 Å². The van der Waals surface area contributed by atoms with Crippen molar-refractivity contribution in [3.8, 4) is 0 Å². The van der Waals surface area contributed by atoms with Gasteiger partial charge in [-0.1, -0.05) is 33.6 Å². The van der Waals surface area contributed by atoms with Crippen molar-refractivity contribution in [2.45, 2.75) is 59.3 Å². The SMILES string of the molecule is CCC1CCC2C3CC(C)C[C@H](CC)C3C12. The molecular formula is C16H28. The first-order chi connectivity index (χ1) is 7.76. The van der Waals surface area contributed by atoms with Crippen molar-refractivity contribution in [3.05, 3.63) is 0 Å². The summed E-state index contributed by atoms with van der Waals surface area (Å²) in [6, 6.07) is 0. The molecule has 0 saturated heterocycles. The van der Waals surface area contributed by atoms with Gasteiger partial charge in [0, 0.05) is 0 Å². The van der Waals surface area contributed by atoms with Crippen molar-refractivity contribution < 1.29 is 0 Å². The summed E-state index contributed by atoms with van der Waals surface area (Å²) >= 11 is 0. The molecule has 6 unspecified atom stereocenters. The van der Waals surface area contributed by atoms with Gasteiger partial charge in [-0.05, 0) is 67.1 Å². The highest BCUT2D eigenvalue weighted by atomic mass is 14.6. The maximum atomic E-state index is 2.50. The smallest absolute Gasteiger partial charge is 0.0321 e. The zero-order chi connectivity index (χ0) is 11.3. The monoisotopic (exact) mass is 220 g/mol. The minimum atomic E-state index is 1.02. The largest absolute Gasteiger partial charge is 0.0651 e. The van der Waals surface area contributed by atoms with E-state index in [1.807, 2.05) is 0 Å². The summed E-state index contributed by atoms with van der Waals surface area (Å²) in [5.41, 5.74) is 0. The first-order valence-electron chi connectivity index (χ1n) is 7.76. The van der Waals surface area contributed by atoms with E-state index >= 15 is 0 Å². The molecule has 16 heavy (non-hydrogen) atoms. The van der Waals surface area contributed by atoms with Gasteiger partial charge < -0.3 is 0 Å². The molecule has 0 radical (unpaired) electrons. The van der Waals surface area contributed by atoms with Gasteiger partial charge >= 0.3 is 0 Å². The third-order valence-electron chi connectivity index (χ3n) is 6.37. The van der Waals surface area contributed by atoms with Crippen LogP contribution in [0.25, 0.3) is 0 Å². The highest BCUT2D eigenvalue weighted by Gasteiger charge is 2.58. The van der Waals surface area contributed by atoms with E-state index in [1.54, 1.807) is 19.3 Å². The fraction of sp³-hybridized carbons (Fsp3) is 1.00. The van der Waals surface area contributed by atoms with Gasteiger partial charge in [-0.2, -0.15) is 0 Å². The van der Waals surface area contributed by atoms with E-state index in [0.29, 0.717) is 0 Å². The van der Waals surface area contributed by atoms with Crippen LogP contribution in [0.1, 0.15) is 59.3 Å². The van der Waals surface area contributed by atoms with Crippen LogP contribution in [-0.2, 0) is 0 Å². The number of hydrogen-bond acceptors (Lipinski definition) is 0. The molecule has 0 aromatic rings. The summed E-state index contributed by atoms with van der Waals surface area (Å²) in [6.45, 7) is 7.36. The maximum absolute atomic E-state index is 2.50. The first-order valence-corrected chi connectivity index (χ1v) is 7.76. The lowest BCUT2D eigenvalue weighted by atomic mass is 9.46. The van der Waals surface area contributed by atoms with Crippen molar-refractivity contribution in [2.75, 3.05) is 0 Å². The summed E-state index contributed by atoms with van der Waals surface area (Å²) in [6.07, 6.45) is 9.15. The third kappa shape index (κ3) is 1.41. The Morgan fingerprint density at radius 1 is 0.812 bits per heavy atom. The second kappa shape index (κ2) is 4.03. The number of fused-ring (bicyclic) bond motifs is 4. The van der Waals surface area contributed by atoms with Gasteiger partial charge in [0.05, 0.1) is 0 Å². The predicted molar refractivity (Wildman–Crippen MR) is 69.2 cm³/mol. The highest BCUT2D eigenvalue weighted by molar-refractivity contribution is 5.07. The molecule has 92 valence electrons. The minimum Gasteiger partial charge on any atom is -0.0651 e. The molecular weight excluding hydrogens is 192 g/mol. The van der Waals surface area contributed by atoms with Crippen molar-refractivity contribution >= 4 is 0 Å². The van der Waals surface area contributed by atoms with Gasteiger partial charge in [-0.15, -0.1) is 0 Å². The Kier molecular flexibility index (Phi) is 2.80. The fourth-order valence-corrected chi connectivity index (χ4v) is 5.81. The summed E-state index contributed by atoms with van der Waals surface area (Å²) in [5, 5.41) is 0. The van der Waals surface area contributed by atoms with E-state index in [1.165, 1.54) is 19.3 Å². The standard InChI is InChI=1S/C16H28/c1-4-11-6-7-13-14-9-10(3)8-12(5-2)16(14)15(11)13/h10-16H,4-9H2,1-3H3/t10?,11?,12-,13?,14?,15?,16?/m0/s1. The molecule has 3 rings (SSSR count). The summed E-state index contributed by atoms with van der Waals surface area (Å²) in [5.74, 6) is 7.83. The summed E-state index contributed by atoms with van der Waals surface area (Å²) in [7, 11) is 0. The van der Waals surface area contributed by atoms with Crippen LogP contribution in [0.2, 0.25) is 0 Å². The molecule has 0 spiro atoms. The van der Waals surface area contributed by atoms with E-state index in [4.69, 9.17) is 0 Å². The van der Waals surface area contributed by atoms with Crippen molar-refractivity contribution in [1.29, 1.82) is 0 Å². The molecule has 3 fully saturated rings. The lowest BCUT2D eigenvalue weighted by Gasteiger charge is -2.58. The normalized spacial score (nSPS) is 55.3. The van der Waals surface area contributed by atoms with Crippen LogP contribution < -0.4 is 0 Å². The molecule has 3 saturated carbocycles. The topological polar surface area (TPSA) is 0 Å². The van der Waals surface area contributed by atoms with Crippen LogP contribution in [0.3, 0.4) is 0 Å². The Balaban J connectivity index is 1.78. The van der Waals surface area contributed by atoms with Gasteiger partial charge in [0.15, 0.2) is 0 Å². The van der Waals surface area contributed by atoms with Crippen molar-refractivity contribution in [1.82, 2.24) is 0 Å². The second-order valence-electron chi connectivity index (χ2n) is 6.97. The van der Waals surface area contributed by atoms with Crippen molar-refractivity contribution in [3.63, 3.8) is 0 Å². The zero-order valence-electron chi connectivity index (χ0n) is 11.3. The molecule has 3 aliphatic rings. The second-order valence-corrected chi connectivity index (χ2v) is 6.97. The van der Waals surface area contributed by atoms with Gasteiger partial charge in [-0.3, -0.25) is 0 Å². The lowest BCUT2D eigenvalue weighted by molar-refractivity contribution is -0.103. The molecule has 0 nitrogen and oxygen atoms in total. The van der Waals surface area contributed by atoms with E-state index in [-0.39, 0.29) is 0 Å². The summed E-state index contributed by atoms with van der Waals surface area (Å²) < 4.78 is 0. The highest BCUT2D eigenvalue weighted by Crippen LogP contribution is 2.65. The molecule has 3 aliphatic carbocycles. The van der Waals surface area contributed by atoms with E-state index in [2.05, 4.69) is 20.8 Å². The first kappa shape index (κ1) is 11.1. The van der Waals surface area contributed by atoms with Gasteiger partial charge in [0.2, 0.25) is 0 Å². The molecule has 0 N–H and O–H groups in total. The third-order valence-corrected chi connectivity index (χ3v) is 6.37. The van der Waals surface area contributed by atoms with Crippen LogP contribution in [0.5, 0.6) is 0 Å². The Morgan fingerprint density at radius 2 is 1.50 bits per heavy atom. The summed E-state index contributed by atoms with van der Waals surface area (Å²) in [4.78, 5) is 0. The Morgan fingerprint density at radius 3 is 2.19 bits per heavy atom. The predicted octanol–water partition coefficient (Wildman–Crippen LogP) is 4.74. The molecule has 0 bridgehead atoms. The van der Waals surface area contributed by atoms with Crippen LogP contribution in [0.4, 0.5) is 0 Å². The zero-order valence-corrected chi connectivity index (χ0v) is 11.3. The Labute approximate surface area is 101 Å². The molecule has 0 heterocycles. The van der Waals surface area contributed by atoms with Crippen molar-refractivity contribution in [2.24, 2.45) is 41.4 Å². The van der Waals surface area contributed by atoms with E-state index in [9.17, 15) is 0 Å². The number of rotatable bonds is 2. The van der Waals surface area contributed by atoms with E-state index < -0.39 is 0 Å². The van der Waals surface area contributed by atoms with Gasteiger partial charge in [0.25, 0.3) is 0 Å². The molecule has 0 amide bonds. The van der Waals surface area contributed by atoms with Crippen LogP contribution in [-0.4, -0.2) is 0 Å².